The molecule has 1 heterocycles. The SMILES string of the molecule is CCCOc1ccc(Cl)cc1NC(=O)c1csc(I)c1. The van der Waals surface area contributed by atoms with E-state index in [0.29, 0.717) is 28.6 Å². The number of hydrogen-bond donors (Lipinski definition) is 1. The van der Waals surface area contributed by atoms with Gasteiger partial charge in [-0.05, 0) is 53.3 Å². The van der Waals surface area contributed by atoms with Crippen LogP contribution in [-0.4, -0.2) is 12.5 Å². The van der Waals surface area contributed by atoms with Crippen LogP contribution in [-0.2, 0) is 0 Å². The van der Waals surface area contributed by atoms with E-state index in [1.165, 1.54) is 11.3 Å². The maximum absolute atomic E-state index is 12.2. The molecule has 0 saturated heterocycles. The fraction of sp³-hybridized carbons (Fsp3) is 0.214. The molecule has 6 heteroatoms. The van der Waals surface area contributed by atoms with Crippen molar-refractivity contribution in [1.29, 1.82) is 0 Å². The Labute approximate surface area is 140 Å². The number of carbonyl (C=O) groups excluding carboxylic acids is 1. The molecule has 0 aliphatic rings. The van der Waals surface area contributed by atoms with Gasteiger partial charge in [-0.25, -0.2) is 0 Å². The molecule has 3 nitrogen and oxygen atoms in total. The lowest BCUT2D eigenvalue weighted by atomic mass is 10.2. The zero-order valence-corrected chi connectivity index (χ0v) is 14.5. The Morgan fingerprint density at radius 1 is 1.45 bits per heavy atom. The number of halogens is 2. The molecule has 106 valence electrons. The van der Waals surface area contributed by atoms with Gasteiger partial charge in [0.2, 0.25) is 0 Å². The van der Waals surface area contributed by atoms with E-state index in [4.69, 9.17) is 16.3 Å². The average molecular weight is 422 g/mol. The topological polar surface area (TPSA) is 38.3 Å². The van der Waals surface area contributed by atoms with Crippen LogP contribution in [0.5, 0.6) is 5.75 Å². The Bertz CT molecular complexity index is 615. The van der Waals surface area contributed by atoms with Crippen LogP contribution in [0.25, 0.3) is 0 Å². The summed E-state index contributed by atoms with van der Waals surface area (Å²) in [4.78, 5) is 12.2. The van der Waals surface area contributed by atoms with E-state index < -0.39 is 0 Å². The lowest BCUT2D eigenvalue weighted by Gasteiger charge is -2.12. The summed E-state index contributed by atoms with van der Waals surface area (Å²) >= 11 is 9.70. The Balaban J connectivity index is 2.18. The van der Waals surface area contributed by atoms with E-state index in [1.54, 1.807) is 18.2 Å². The van der Waals surface area contributed by atoms with Crippen LogP contribution in [0.15, 0.2) is 29.6 Å². The summed E-state index contributed by atoms with van der Waals surface area (Å²) in [6.45, 7) is 2.63. The second-order valence-corrected chi connectivity index (χ2v) is 7.32. The molecule has 0 unspecified atom stereocenters. The largest absolute Gasteiger partial charge is 0.491 e. The molecular formula is C14H13ClINO2S. The van der Waals surface area contributed by atoms with Gasteiger partial charge in [0.1, 0.15) is 5.75 Å². The fourth-order valence-electron chi connectivity index (χ4n) is 1.56. The number of hydrogen-bond acceptors (Lipinski definition) is 3. The minimum Gasteiger partial charge on any atom is -0.491 e. The highest BCUT2D eigenvalue weighted by atomic mass is 127. The molecule has 0 saturated carbocycles. The summed E-state index contributed by atoms with van der Waals surface area (Å²) in [6.07, 6.45) is 0.902. The lowest BCUT2D eigenvalue weighted by molar-refractivity contribution is 0.102. The number of amides is 1. The molecule has 1 N–H and O–H groups in total. The van der Waals surface area contributed by atoms with Gasteiger partial charge in [-0.2, -0.15) is 0 Å². The number of carbonyl (C=O) groups is 1. The van der Waals surface area contributed by atoms with Gasteiger partial charge in [-0.1, -0.05) is 18.5 Å². The summed E-state index contributed by atoms with van der Waals surface area (Å²) in [7, 11) is 0. The first kappa shape index (κ1) is 15.6. The van der Waals surface area contributed by atoms with Gasteiger partial charge in [0, 0.05) is 10.4 Å². The quantitative estimate of drug-likeness (QED) is 0.686. The van der Waals surface area contributed by atoms with E-state index in [0.717, 1.165) is 9.30 Å². The van der Waals surface area contributed by atoms with Gasteiger partial charge in [0.25, 0.3) is 5.91 Å². The molecule has 0 atom stereocenters. The van der Waals surface area contributed by atoms with Crippen LogP contribution in [0.3, 0.4) is 0 Å². The summed E-state index contributed by atoms with van der Waals surface area (Å²) in [5, 5.41) is 5.23. The molecule has 0 fully saturated rings. The first-order valence-corrected chi connectivity index (χ1v) is 8.41. The first-order valence-electron chi connectivity index (χ1n) is 6.08. The minimum atomic E-state index is -0.159. The van der Waals surface area contributed by atoms with E-state index >= 15 is 0 Å². The Kier molecular flexibility index (Phi) is 5.68. The Morgan fingerprint density at radius 2 is 2.25 bits per heavy atom. The first-order chi connectivity index (χ1) is 9.60. The highest BCUT2D eigenvalue weighted by Gasteiger charge is 2.12. The van der Waals surface area contributed by atoms with E-state index in [-0.39, 0.29) is 5.91 Å². The van der Waals surface area contributed by atoms with Crippen molar-refractivity contribution in [3.63, 3.8) is 0 Å². The highest BCUT2D eigenvalue weighted by molar-refractivity contribution is 14.1. The van der Waals surface area contributed by atoms with E-state index in [9.17, 15) is 4.79 Å². The summed E-state index contributed by atoms with van der Waals surface area (Å²) in [6, 6.07) is 7.06. The Hall–Kier alpha value is -0.790. The molecule has 20 heavy (non-hydrogen) atoms. The van der Waals surface area contributed by atoms with Crippen molar-refractivity contribution in [2.75, 3.05) is 11.9 Å². The monoisotopic (exact) mass is 421 g/mol. The smallest absolute Gasteiger partial charge is 0.256 e. The second kappa shape index (κ2) is 7.28. The van der Waals surface area contributed by atoms with Crippen molar-refractivity contribution < 1.29 is 9.53 Å². The number of ether oxygens (including phenoxy) is 1. The number of rotatable bonds is 5. The summed E-state index contributed by atoms with van der Waals surface area (Å²) < 4.78 is 6.68. The summed E-state index contributed by atoms with van der Waals surface area (Å²) in [5.74, 6) is 0.474. The van der Waals surface area contributed by atoms with Crippen molar-refractivity contribution in [1.82, 2.24) is 0 Å². The predicted molar refractivity (Wildman–Crippen MR) is 92.2 cm³/mol. The van der Waals surface area contributed by atoms with Gasteiger partial charge >= 0.3 is 0 Å². The molecule has 0 radical (unpaired) electrons. The van der Waals surface area contributed by atoms with Gasteiger partial charge in [-0.15, -0.1) is 11.3 Å². The van der Waals surface area contributed by atoms with Crippen molar-refractivity contribution in [2.45, 2.75) is 13.3 Å². The maximum Gasteiger partial charge on any atom is 0.256 e. The van der Waals surface area contributed by atoms with Crippen LogP contribution in [0.2, 0.25) is 5.02 Å². The van der Waals surface area contributed by atoms with Crippen LogP contribution >= 0.6 is 45.5 Å². The molecule has 0 bridgehead atoms. The lowest BCUT2D eigenvalue weighted by Crippen LogP contribution is -2.12. The van der Waals surface area contributed by atoms with Crippen molar-refractivity contribution in [2.24, 2.45) is 0 Å². The highest BCUT2D eigenvalue weighted by Crippen LogP contribution is 2.29. The minimum absolute atomic E-state index is 0.159. The number of nitrogens with one attached hydrogen (secondary N) is 1. The van der Waals surface area contributed by atoms with Gasteiger partial charge < -0.3 is 10.1 Å². The third-order valence-corrected chi connectivity index (χ3v) is 4.51. The standard InChI is InChI=1S/C14H13ClINO2S/c1-2-5-19-12-4-3-10(15)7-11(12)17-14(18)9-6-13(16)20-8-9/h3-4,6-8H,2,5H2,1H3,(H,17,18). The van der Waals surface area contributed by atoms with Gasteiger partial charge in [-0.3, -0.25) is 4.79 Å². The van der Waals surface area contributed by atoms with E-state index in [2.05, 4.69) is 27.9 Å². The fourth-order valence-corrected chi connectivity index (χ4v) is 3.06. The Morgan fingerprint density at radius 3 is 2.90 bits per heavy atom. The van der Waals surface area contributed by atoms with Crippen LogP contribution < -0.4 is 10.1 Å². The summed E-state index contributed by atoms with van der Waals surface area (Å²) in [5.41, 5.74) is 1.23. The molecule has 2 aromatic rings. The van der Waals surface area contributed by atoms with Crippen molar-refractivity contribution >= 4 is 57.1 Å². The normalized spacial score (nSPS) is 10.3. The second-order valence-electron chi connectivity index (χ2n) is 4.08. The van der Waals surface area contributed by atoms with Crippen molar-refractivity contribution in [3.05, 3.63) is 43.1 Å². The average Bonchev–Trinajstić information content (AvgIpc) is 2.85. The van der Waals surface area contributed by atoms with Crippen LogP contribution in [0, 0.1) is 2.88 Å². The molecule has 1 amide bonds. The molecule has 1 aromatic heterocycles. The molecule has 1 aromatic carbocycles. The molecular weight excluding hydrogens is 409 g/mol. The third-order valence-electron chi connectivity index (χ3n) is 2.48. The number of thiophene rings is 1. The zero-order valence-electron chi connectivity index (χ0n) is 10.8. The van der Waals surface area contributed by atoms with Crippen LogP contribution in [0.4, 0.5) is 5.69 Å². The number of anilines is 1. The molecule has 0 spiro atoms. The van der Waals surface area contributed by atoms with Crippen molar-refractivity contribution in [3.8, 4) is 5.75 Å². The molecule has 0 aliphatic heterocycles. The maximum atomic E-state index is 12.2. The zero-order chi connectivity index (χ0) is 14.5. The molecule has 2 rings (SSSR count). The van der Waals surface area contributed by atoms with Crippen LogP contribution in [0.1, 0.15) is 23.7 Å². The van der Waals surface area contributed by atoms with Gasteiger partial charge in [0.05, 0.1) is 20.7 Å². The number of benzene rings is 1. The third kappa shape index (κ3) is 4.10. The van der Waals surface area contributed by atoms with E-state index in [1.807, 2.05) is 18.4 Å². The molecule has 0 aliphatic carbocycles. The van der Waals surface area contributed by atoms with Gasteiger partial charge in [0.15, 0.2) is 0 Å². The predicted octanol–water partition coefficient (Wildman–Crippen LogP) is 5.05.